The standard InChI is InChI=1S/C10H3ClF5N/c11-3-1-6(10(15)16)17-5-2-4(12)8(13)9(14)7(3)5/h1-2,10H. The molecular formula is C10H3ClF5N. The van der Waals surface area contributed by atoms with Gasteiger partial charge in [0.25, 0.3) is 6.43 Å². The zero-order valence-electron chi connectivity index (χ0n) is 7.95. The highest BCUT2D eigenvalue weighted by molar-refractivity contribution is 6.35. The summed E-state index contributed by atoms with van der Waals surface area (Å²) in [5.74, 6) is -4.77. The average molecular weight is 268 g/mol. The van der Waals surface area contributed by atoms with Crippen molar-refractivity contribution in [3.8, 4) is 0 Å². The van der Waals surface area contributed by atoms with Gasteiger partial charge < -0.3 is 0 Å². The summed E-state index contributed by atoms with van der Waals surface area (Å²) in [6.07, 6.45) is -2.94. The second kappa shape index (κ2) is 4.10. The lowest BCUT2D eigenvalue weighted by molar-refractivity contribution is 0.146. The largest absolute Gasteiger partial charge is 0.280 e. The Bertz CT molecular complexity index is 599. The minimum absolute atomic E-state index is 0.443. The van der Waals surface area contributed by atoms with Gasteiger partial charge in [0.1, 0.15) is 5.69 Å². The molecule has 0 saturated heterocycles. The molecule has 2 rings (SSSR count). The van der Waals surface area contributed by atoms with Crippen LogP contribution in [0.4, 0.5) is 22.0 Å². The lowest BCUT2D eigenvalue weighted by Gasteiger charge is -2.06. The fraction of sp³-hybridized carbons (Fsp3) is 0.100. The number of hydrogen-bond acceptors (Lipinski definition) is 1. The predicted molar refractivity (Wildman–Crippen MR) is 51.6 cm³/mol. The van der Waals surface area contributed by atoms with Crippen molar-refractivity contribution in [1.82, 2.24) is 4.98 Å². The summed E-state index contributed by atoms with van der Waals surface area (Å²) in [5, 5.41) is -0.961. The van der Waals surface area contributed by atoms with Crippen LogP contribution in [0.15, 0.2) is 12.1 Å². The first kappa shape index (κ1) is 12.0. The summed E-state index contributed by atoms with van der Waals surface area (Å²) < 4.78 is 63.9. The summed E-state index contributed by atoms with van der Waals surface area (Å²) in [4.78, 5) is 3.32. The summed E-state index contributed by atoms with van der Waals surface area (Å²) in [6, 6.07) is 1.24. The van der Waals surface area contributed by atoms with Crippen LogP contribution in [0.1, 0.15) is 12.1 Å². The fourth-order valence-corrected chi connectivity index (χ4v) is 1.67. The maximum Gasteiger partial charge on any atom is 0.280 e. The van der Waals surface area contributed by atoms with E-state index in [9.17, 15) is 22.0 Å². The molecule has 7 heteroatoms. The van der Waals surface area contributed by atoms with Crippen LogP contribution in [-0.2, 0) is 0 Å². The third-order valence-corrected chi connectivity index (χ3v) is 2.43. The molecule has 0 aliphatic rings. The minimum Gasteiger partial charge on any atom is -0.246 e. The van der Waals surface area contributed by atoms with Gasteiger partial charge >= 0.3 is 0 Å². The molecule has 0 atom stereocenters. The zero-order valence-corrected chi connectivity index (χ0v) is 8.70. The van der Waals surface area contributed by atoms with Gasteiger partial charge in [-0.2, -0.15) is 0 Å². The number of halogens is 6. The van der Waals surface area contributed by atoms with Crippen molar-refractivity contribution < 1.29 is 22.0 Å². The number of pyridine rings is 1. The smallest absolute Gasteiger partial charge is 0.246 e. The van der Waals surface area contributed by atoms with E-state index < -0.39 is 45.5 Å². The quantitative estimate of drug-likeness (QED) is 0.556. The molecule has 0 N–H and O–H groups in total. The van der Waals surface area contributed by atoms with Crippen LogP contribution in [-0.4, -0.2) is 4.98 Å². The van der Waals surface area contributed by atoms with Gasteiger partial charge in [-0.1, -0.05) is 11.6 Å². The van der Waals surface area contributed by atoms with Gasteiger partial charge in [0.2, 0.25) is 0 Å². The van der Waals surface area contributed by atoms with Crippen LogP contribution in [0.2, 0.25) is 5.02 Å². The van der Waals surface area contributed by atoms with Gasteiger partial charge in [-0.25, -0.2) is 26.9 Å². The van der Waals surface area contributed by atoms with Gasteiger partial charge in [0.15, 0.2) is 17.5 Å². The molecule has 0 aliphatic heterocycles. The molecule has 90 valence electrons. The van der Waals surface area contributed by atoms with Crippen LogP contribution >= 0.6 is 11.6 Å². The van der Waals surface area contributed by atoms with E-state index >= 15 is 0 Å². The van der Waals surface area contributed by atoms with Gasteiger partial charge in [-0.05, 0) is 6.07 Å². The summed E-state index contributed by atoms with van der Waals surface area (Å²) >= 11 is 5.53. The van der Waals surface area contributed by atoms with Crippen LogP contribution in [0.3, 0.4) is 0 Å². The Morgan fingerprint density at radius 3 is 2.29 bits per heavy atom. The first-order valence-electron chi connectivity index (χ1n) is 4.33. The van der Waals surface area contributed by atoms with Gasteiger partial charge in [0.05, 0.1) is 15.9 Å². The predicted octanol–water partition coefficient (Wildman–Crippen LogP) is 4.24. The molecule has 1 aromatic carbocycles. The van der Waals surface area contributed by atoms with E-state index in [0.29, 0.717) is 6.07 Å². The molecule has 0 fully saturated rings. The molecule has 0 saturated carbocycles. The fourth-order valence-electron chi connectivity index (χ4n) is 1.38. The molecule has 2 aromatic rings. The molecule has 0 radical (unpaired) electrons. The molecule has 17 heavy (non-hydrogen) atoms. The van der Waals surface area contributed by atoms with Crippen molar-refractivity contribution in [2.75, 3.05) is 0 Å². The number of nitrogens with zero attached hydrogens (tertiary/aromatic N) is 1. The van der Waals surface area contributed by atoms with Gasteiger partial charge in [0, 0.05) is 6.07 Å². The van der Waals surface area contributed by atoms with E-state index in [1.165, 1.54) is 0 Å². The summed E-state index contributed by atoms with van der Waals surface area (Å²) in [6.45, 7) is 0. The molecule has 1 aromatic heterocycles. The van der Waals surface area contributed by atoms with Crippen LogP contribution in [0.25, 0.3) is 10.9 Å². The van der Waals surface area contributed by atoms with E-state index in [1.807, 2.05) is 0 Å². The third kappa shape index (κ3) is 1.93. The Hall–Kier alpha value is -1.43. The number of fused-ring (bicyclic) bond motifs is 1. The van der Waals surface area contributed by atoms with Crippen molar-refractivity contribution in [2.24, 2.45) is 0 Å². The molecule has 0 unspecified atom stereocenters. The SMILES string of the molecule is Fc1cc2nc(C(F)F)cc(Cl)c2c(F)c1F. The summed E-state index contributed by atoms with van der Waals surface area (Å²) in [7, 11) is 0. The molecule has 0 spiro atoms. The van der Waals surface area contributed by atoms with Crippen molar-refractivity contribution >= 4 is 22.5 Å². The Balaban J connectivity index is 2.87. The van der Waals surface area contributed by atoms with Crippen molar-refractivity contribution in [2.45, 2.75) is 6.43 Å². The number of benzene rings is 1. The number of aromatic nitrogens is 1. The maximum atomic E-state index is 13.3. The van der Waals surface area contributed by atoms with Crippen LogP contribution in [0.5, 0.6) is 0 Å². The Morgan fingerprint density at radius 2 is 1.71 bits per heavy atom. The minimum atomic E-state index is -2.94. The molecule has 1 heterocycles. The topological polar surface area (TPSA) is 12.9 Å². The second-order valence-electron chi connectivity index (χ2n) is 3.21. The van der Waals surface area contributed by atoms with E-state index in [2.05, 4.69) is 4.98 Å². The van der Waals surface area contributed by atoms with Crippen molar-refractivity contribution in [3.63, 3.8) is 0 Å². The molecule has 1 nitrogen and oxygen atoms in total. The zero-order chi connectivity index (χ0) is 12.7. The van der Waals surface area contributed by atoms with E-state index in [4.69, 9.17) is 11.6 Å². The Labute approximate surface area is 96.8 Å². The van der Waals surface area contributed by atoms with Gasteiger partial charge in [-0.3, -0.25) is 0 Å². The number of hydrogen-bond donors (Lipinski definition) is 0. The van der Waals surface area contributed by atoms with Gasteiger partial charge in [-0.15, -0.1) is 0 Å². The molecular weight excluding hydrogens is 265 g/mol. The molecule has 0 bridgehead atoms. The number of alkyl halides is 2. The normalized spacial score (nSPS) is 11.5. The second-order valence-corrected chi connectivity index (χ2v) is 3.62. The molecule has 0 amide bonds. The highest BCUT2D eigenvalue weighted by Gasteiger charge is 2.19. The summed E-state index contributed by atoms with van der Waals surface area (Å²) in [5.41, 5.74) is -1.18. The van der Waals surface area contributed by atoms with E-state index in [1.54, 1.807) is 0 Å². The highest BCUT2D eigenvalue weighted by atomic mass is 35.5. The van der Waals surface area contributed by atoms with Crippen LogP contribution in [0, 0.1) is 17.5 Å². The first-order valence-corrected chi connectivity index (χ1v) is 4.71. The highest BCUT2D eigenvalue weighted by Crippen LogP contribution is 2.31. The lowest BCUT2D eigenvalue weighted by atomic mass is 10.1. The van der Waals surface area contributed by atoms with Crippen molar-refractivity contribution in [3.05, 3.63) is 40.3 Å². The third-order valence-electron chi connectivity index (χ3n) is 2.13. The maximum absolute atomic E-state index is 13.3. The lowest BCUT2D eigenvalue weighted by Crippen LogP contribution is -1.98. The Morgan fingerprint density at radius 1 is 1.06 bits per heavy atom. The first-order chi connectivity index (χ1) is 7.91. The van der Waals surface area contributed by atoms with Crippen molar-refractivity contribution in [1.29, 1.82) is 0 Å². The van der Waals surface area contributed by atoms with E-state index in [-0.39, 0.29) is 0 Å². The van der Waals surface area contributed by atoms with Crippen LogP contribution < -0.4 is 0 Å². The monoisotopic (exact) mass is 267 g/mol. The van der Waals surface area contributed by atoms with E-state index in [0.717, 1.165) is 6.07 Å². The molecule has 0 aliphatic carbocycles. The Kier molecular flexibility index (Phi) is 2.91. The number of rotatable bonds is 1. The average Bonchev–Trinajstić information content (AvgIpc) is 2.25.